The van der Waals surface area contributed by atoms with Crippen LogP contribution in [-0.2, 0) is 0 Å². The molecule has 1 fully saturated rings. The summed E-state index contributed by atoms with van der Waals surface area (Å²) in [4.78, 5) is 0. The van der Waals surface area contributed by atoms with Crippen LogP contribution >= 0.6 is 0 Å². The van der Waals surface area contributed by atoms with Crippen molar-refractivity contribution >= 4 is 0 Å². The van der Waals surface area contributed by atoms with E-state index in [0.29, 0.717) is 5.92 Å². The van der Waals surface area contributed by atoms with Crippen LogP contribution in [-0.4, -0.2) is 23.4 Å². The molecule has 0 aromatic rings. The highest BCUT2D eigenvalue weighted by molar-refractivity contribution is 4.87. The highest BCUT2D eigenvalue weighted by Crippen LogP contribution is 2.41. The van der Waals surface area contributed by atoms with E-state index >= 15 is 0 Å². The topological polar surface area (TPSA) is 40.5 Å². The molecule has 0 heterocycles. The zero-order valence-corrected chi connectivity index (χ0v) is 10.7. The van der Waals surface area contributed by atoms with E-state index in [1.165, 1.54) is 44.9 Å². The van der Waals surface area contributed by atoms with E-state index in [1.54, 1.807) is 0 Å². The van der Waals surface area contributed by atoms with Crippen molar-refractivity contribution in [1.29, 1.82) is 0 Å². The maximum Gasteiger partial charge on any atom is 0.0512 e. The van der Waals surface area contributed by atoms with Crippen molar-refractivity contribution < 1.29 is 10.2 Å². The SMILES string of the molecule is CCCCCC(CO)(CO)C1CCCCC1. The zero-order valence-electron chi connectivity index (χ0n) is 10.7. The molecule has 0 spiro atoms. The summed E-state index contributed by atoms with van der Waals surface area (Å²) in [5.74, 6) is 0.549. The zero-order chi connectivity index (χ0) is 11.9. The van der Waals surface area contributed by atoms with Crippen molar-refractivity contribution in [1.82, 2.24) is 0 Å². The molecule has 1 saturated carbocycles. The molecule has 1 aliphatic rings. The summed E-state index contributed by atoms with van der Waals surface area (Å²) in [6, 6.07) is 0. The van der Waals surface area contributed by atoms with Gasteiger partial charge < -0.3 is 10.2 Å². The van der Waals surface area contributed by atoms with Crippen LogP contribution in [0.1, 0.15) is 64.7 Å². The second kappa shape index (κ2) is 7.29. The molecule has 96 valence electrons. The maximum atomic E-state index is 9.67. The van der Waals surface area contributed by atoms with Gasteiger partial charge in [-0.1, -0.05) is 45.4 Å². The molecule has 0 aliphatic heterocycles. The molecule has 0 aromatic heterocycles. The Bertz CT molecular complexity index is 170. The van der Waals surface area contributed by atoms with E-state index in [1.807, 2.05) is 0 Å². The number of hydrogen-bond donors (Lipinski definition) is 2. The van der Waals surface area contributed by atoms with Crippen molar-refractivity contribution in [2.75, 3.05) is 13.2 Å². The molecule has 2 N–H and O–H groups in total. The van der Waals surface area contributed by atoms with Crippen LogP contribution in [0, 0.1) is 11.3 Å². The highest BCUT2D eigenvalue weighted by atomic mass is 16.3. The van der Waals surface area contributed by atoms with E-state index in [-0.39, 0.29) is 18.6 Å². The van der Waals surface area contributed by atoms with E-state index < -0.39 is 0 Å². The summed E-state index contributed by atoms with van der Waals surface area (Å²) in [5, 5.41) is 19.3. The minimum absolute atomic E-state index is 0.165. The van der Waals surface area contributed by atoms with E-state index in [0.717, 1.165) is 12.8 Å². The van der Waals surface area contributed by atoms with Crippen LogP contribution < -0.4 is 0 Å². The van der Waals surface area contributed by atoms with E-state index in [4.69, 9.17) is 0 Å². The van der Waals surface area contributed by atoms with Crippen molar-refractivity contribution in [3.8, 4) is 0 Å². The summed E-state index contributed by atoms with van der Waals surface area (Å²) in [6.07, 6.45) is 10.9. The lowest BCUT2D eigenvalue weighted by Gasteiger charge is -2.40. The standard InChI is InChI=1S/C14H28O2/c1-2-3-7-10-14(11-15,12-16)13-8-5-4-6-9-13/h13,15-16H,2-12H2,1H3. The first-order chi connectivity index (χ1) is 7.79. The first kappa shape index (κ1) is 14.0. The summed E-state index contributed by atoms with van der Waals surface area (Å²) in [5.41, 5.74) is -0.185. The van der Waals surface area contributed by atoms with Crippen LogP contribution in [0.15, 0.2) is 0 Å². The Morgan fingerprint density at radius 3 is 2.12 bits per heavy atom. The molecule has 0 bridgehead atoms. The van der Waals surface area contributed by atoms with Gasteiger partial charge >= 0.3 is 0 Å². The van der Waals surface area contributed by atoms with Gasteiger partial charge in [-0.05, 0) is 25.2 Å². The fourth-order valence-electron chi connectivity index (χ4n) is 3.11. The van der Waals surface area contributed by atoms with Gasteiger partial charge in [0.15, 0.2) is 0 Å². The Labute approximate surface area is 100 Å². The molecular formula is C14H28O2. The lowest BCUT2D eigenvalue weighted by molar-refractivity contribution is -0.0189. The lowest BCUT2D eigenvalue weighted by Crippen LogP contribution is -2.39. The summed E-state index contributed by atoms with van der Waals surface area (Å²) in [7, 11) is 0. The molecule has 2 heteroatoms. The molecule has 16 heavy (non-hydrogen) atoms. The second-order valence-electron chi connectivity index (χ2n) is 5.47. The van der Waals surface area contributed by atoms with E-state index in [2.05, 4.69) is 6.92 Å². The number of unbranched alkanes of at least 4 members (excludes halogenated alkanes) is 2. The van der Waals surface area contributed by atoms with Crippen LogP contribution in [0.2, 0.25) is 0 Å². The molecule has 2 nitrogen and oxygen atoms in total. The summed E-state index contributed by atoms with van der Waals surface area (Å²) >= 11 is 0. The Morgan fingerprint density at radius 2 is 1.62 bits per heavy atom. The van der Waals surface area contributed by atoms with Crippen molar-refractivity contribution in [2.24, 2.45) is 11.3 Å². The number of rotatable bonds is 7. The molecule has 0 unspecified atom stereocenters. The average Bonchev–Trinajstić information content (AvgIpc) is 2.36. The van der Waals surface area contributed by atoms with Crippen LogP contribution in [0.4, 0.5) is 0 Å². The first-order valence-corrected chi connectivity index (χ1v) is 7.01. The van der Waals surface area contributed by atoms with Gasteiger partial charge in [-0.3, -0.25) is 0 Å². The van der Waals surface area contributed by atoms with Crippen molar-refractivity contribution in [3.63, 3.8) is 0 Å². The van der Waals surface area contributed by atoms with Crippen LogP contribution in [0.25, 0.3) is 0 Å². The minimum Gasteiger partial charge on any atom is -0.396 e. The number of hydrogen-bond acceptors (Lipinski definition) is 2. The molecule has 1 rings (SSSR count). The maximum absolute atomic E-state index is 9.67. The molecule has 0 radical (unpaired) electrons. The van der Waals surface area contributed by atoms with Crippen molar-refractivity contribution in [3.05, 3.63) is 0 Å². The largest absolute Gasteiger partial charge is 0.396 e. The third kappa shape index (κ3) is 3.46. The Morgan fingerprint density at radius 1 is 1.00 bits per heavy atom. The van der Waals surface area contributed by atoms with Gasteiger partial charge in [0.05, 0.1) is 13.2 Å². The highest BCUT2D eigenvalue weighted by Gasteiger charge is 2.37. The third-order valence-corrected chi connectivity index (χ3v) is 4.38. The quantitative estimate of drug-likeness (QED) is 0.657. The fourth-order valence-corrected chi connectivity index (χ4v) is 3.11. The first-order valence-electron chi connectivity index (χ1n) is 7.01. The van der Waals surface area contributed by atoms with Gasteiger partial charge in [0, 0.05) is 5.41 Å². The van der Waals surface area contributed by atoms with Gasteiger partial charge in [0.2, 0.25) is 0 Å². The minimum atomic E-state index is -0.185. The molecule has 0 atom stereocenters. The fraction of sp³-hybridized carbons (Fsp3) is 1.00. The predicted octanol–water partition coefficient (Wildman–Crippen LogP) is 3.12. The average molecular weight is 228 g/mol. The second-order valence-corrected chi connectivity index (χ2v) is 5.47. The number of aliphatic hydroxyl groups excluding tert-OH is 2. The van der Waals surface area contributed by atoms with Gasteiger partial charge in [0.25, 0.3) is 0 Å². The predicted molar refractivity (Wildman–Crippen MR) is 67.3 cm³/mol. The smallest absolute Gasteiger partial charge is 0.0512 e. The van der Waals surface area contributed by atoms with Gasteiger partial charge in [-0.15, -0.1) is 0 Å². The molecule has 0 amide bonds. The Kier molecular flexibility index (Phi) is 6.37. The molecule has 1 aliphatic carbocycles. The van der Waals surface area contributed by atoms with Gasteiger partial charge in [0.1, 0.15) is 0 Å². The number of aliphatic hydroxyl groups is 2. The lowest BCUT2D eigenvalue weighted by atomic mass is 9.67. The Balaban J connectivity index is 2.54. The molecule has 0 saturated heterocycles. The summed E-state index contributed by atoms with van der Waals surface area (Å²) < 4.78 is 0. The monoisotopic (exact) mass is 228 g/mol. The molecular weight excluding hydrogens is 200 g/mol. The van der Waals surface area contributed by atoms with Crippen LogP contribution in [0.5, 0.6) is 0 Å². The van der Waals surface area contributed by atoms with Crippen LogP contribution in [0.3, 0.4) is 0 Å². The Hall–Kier alpha value is -0.0800. The third-order valence-electron chi connectivity index (χ3n) is 4.38. The van der Waals surface area contributed by atoms with E-state index in [9.17, 15) is 10.2 Å². The summed E-state index contributed by atoms with van der Waals surface area (Å²) in [6.45, 7) is 2.52. The molecule has 0 aromatic carbocycles. The normalized spacial score (nSPS) is 18.9. The van der Waals surface area contributed by atoms with Gasteiger partial charge in [-0.2, -0.15) is 0 Å². The van der Waals surface area contributed by atoms with Crippen molar-refractivity contribution in [2.45, 2.75) is 64.7 Å². The van der Waals surface area contributed by atoms with Gasteiger partial charge in [-0.25, -0.2) is 0 Å².